The van der Waals surface area contributed by atoms with Crippen LogP contribution in [-0.2, 0) is 9.30 Å². The Hall–Kier alpha value is -1.10. The Morgan fingerprint density at radius 1 is 1.30 bits per heavy atom. The molecule has 4 atom stereocenters. The van der Waals surface area contributed by atoms with Crippen molar-refractivity contribution < 1.29 is 29.3 Å². The second kappa shape index (κ2) is 6.08. The average Bonchev–Trinajstić information content (AvgIpc) is 3.01. The number of nitrogen functional groups attached to an aromatic ring is 1. The van der Waals surface area contributed by atoms with Crippen LogP contribution < -0.4 is 5.73 Å². The van der Waals surface area contributed by atoms with Crippen LogP contribution in [0.5, 0.6) is 0 Å². The number of fused-ring (bicyclic) bond motifs is 1. The van der Waals surface area contributed by atoms with Crippen LogP contribution in [0.15, 0.2) is 12.7 Å². The molecule has 0 amide bonds. The molecule has 13 heteroatoms. The number of aromatic nitrogens is 4. The van der Waals surface area contributed by atoms with Crippen molar-refractivity contribution >= 4 is 37.8 Å². The number of nitrogens with two attached hydrogens (primary N) is 1. The first kappa shape index (κ1) is 16.7. The first-order valence-electron chi connectivity index (χ1n) is 6.42. The van der Waals surface area contributed by atoms with Crippen molar-refractivity contribution in [1.29, 1.82) is 0 Å². The van der Waals surface area contributed by atoms with Gasteiger partial charge < -0.3 is 0 Å². The molecule has 0 aliphatic carbocycles. The van der Waals surface area contributed by atoms with Gasteiger partial charge in [-0.2, -0.15) is 0 Å². The van der Waals surface area contributed by atoms with Crippen LogP contribution >= 0.6 is 6.29 Å². The van der Waals surface area contributed by atoms with E-state index >= 15 is 0 Å². The molecular formula is C10H14N5O6PSe. The molecule has 3 heterocycles. The molecule has 0 radical (unpaired) electrons. The fraction of sp³-hybridized carbons (Fsp3) is 0.500. The van der Waals surface area contributed by atoms with Gasteiger partial charge in [-0.15, -0.1) is 0 Å². The summed E-state index contributed by atoms with van der Waals surface area (Å²) in [6, 6.07) is 0. The van der Waals surface area contributed by atoms with Gasteiger partial charge in [0.25, 0.3) is 0 Å². The molecule has 6 N–H and O–H groups in total. The molecule has 0 saturated carbocycles. The molecule has 1 saturated heterocycles. The second-order valence-electron chi connectivity index (χ2n) is 4.92. The molecule has 0 unspecified atom stereocenters. The first-order valence-corrected chi connectivity index (χ1v) is 11.5. The van der Waals surface area contributed by atoms with Crippen molar-refractivity contribution in [3.05, 3.63) is 12.7 Å². The molecule has 1 fully saturated rings. The number of imidazole rings is 1. The molecule has 0 bridgehead atoms. The van der Waals surface area contributed by atoms with E-state index in [1.54, 1.807) is 0 Å². The van der Waals surface area contributed by atoms with E-state index in [0.717, 1.165) is 0 Å². The fourth-order valence-corrected chi connectivity index (χ4v) is 5.39. The van der Waals surface area contributed by atoms with Gasteiger partial charge in [-0.25, -0.2) is 0 Å². The van der Waals surface area contributed by atoms with E-state index in [2.05, 4.69) is 15.0 Å². The van der Waals surface area contributed by atoms with Crippen molar-refractivity contribution in [3.63, 3.8) is 0 Å². The van der Waals surface area contributed by atoms with E-state index in [1.807, 2.05) is 0 Å². The zero-order chi connectivity index (χ0) is 16.8. The summed E-state index contributed by atoms with van der Waals surface area (Å²) in [4.78, 5) is 29.8. The van der Waals surface area contributed by atoms with Gasteiger partial charge >= 0.3 is 135 Å². The Balaban J connectivity index is 1.85. The van der Waals surface area contributed by atoms with Crippen LogP contribution in [-0.4, -0.2) is 72.3 Å². The maximum atomic E-state index is 11.0. The van der Waals surface area contributed by atoms with E-state index < -0.39 is 45.3 Å². The predicted octanol–water partition coefficient (Wildman–Crippen LogP) is -1.76. The first-order chi connectivity index (χ1) is 10.8. The third-order valence-electron chi connectivity index (χ3n) is 3.41. The Labute approximate surface area is 135 Å². The summed E-state index contributed by atoms with van der Waals surface area (Å²) in [5.74, 6) is 0.170. The molecule has 3 rings (SSSR count). The number of aliphatic hydroxyl groups excluding tert-OH is 2. The van der Waals surface area contributed by atoms with Gasteiger partial charge in [-0.1, -0.05) is 0 Å². The molecule has 2 aromatic rings. The number of rotatable bonds is 4. The number of anilines is 1. The summed E-state index contributed by atoms with van der Waals surface area (Å²) in [6.07, 6.45) is -6.00. The SMILES string of the molecule is Nc1ncnc2c1ncn2[C@@H]1O[C@H](C[Se]P(=O)(O)O)[C@@H](O)[C@H]1O. The van der Waals surface area contributed by atoms with Crippen molar-refractivity contribution in [2.45, 2.75) is 29.9 Å². The minimum absolute atomic E-state index is 0.0320. The van der Waals surface area contributed by atoms with Crippen LogP contribution in [0, 0.1) is 0 Å². The van der Waals surface area contributed by atoms with Gasteiger partial charge in [-0.3, -0.25) is 0 Å². The monoisotopic (exact) mass is 411 g/mol. The van der Waals surface area contributed by atoms with Crippen LogP contribution in [0.3, 0.4) is 0 Å². The molecule has 0 aromatic carbocycles. The average molecular weight is 410 g/mol. The summed E-state index contributed by atoms with van der Waals surface area (Å²) in [6.45, 7) is 0. The Morgan fingerprint density at radius 3 is 2.74 bits per heavy atom. The molecule has 126 valence electrons. The Kier molecular flexibility index (Phi) is 4.43. The van der Waals surface area contributed by atoms with Gasteiger partial charge in [0, 0.05) is 0 Å². The van der Waals surface area contributed by atoms with E-state index in [4.69, 9.17) is 20.3 Å². The maximum absolute atomic E-state index is 11.0. The third kappa shape index (κ3) is 3.25. The van der Waals surface area contributed by atoms with Crippen molar-refractivity contribution in [1.82, 2.24) is 19.5 Å². The van der Waals surface area contributed by atoms with Gasteiger partial charge in [-0.05, 0) is 0 Å². The van der Waals surface area contributed by atoms with Crippen molar-refractivity contribution in [2.24, 2.45) is 0 Å². The summed E-state index contributed by atoms with van der Waals surface area (Å²) in [5.41, 5.74) is 6.35. The van der Waals surface area contributed by atoms with E-state index in [-0.39, 0.29) is 11.1 Å². The van der Waals surface area contributed by atoms with Crippen LogP contribution in [0.25, 0.3) is 11.2 Å². The predicted molar refractivity (Wildman–Crippen MR) is 78.3 cm³/mol. The van der Waals surface area contributed by atoms with E-state index in [9.17, 15) is 14.8 Å². The van der Waals surface area contributed by atoms with Crippen molar-refractivity contribution in [3.8, 4) is 0 Å². The molecule has 23 heavy (non-hydrogen) atoms. The Bertz CT molecular complexity index is 767. The topological polar surface area (TPSA) is 177 Å². The minimum atomic E-state index is -4.16. The zero-order valence-electron chi connectivity index (χ0n) is 11.5. The summed E-state index contributed by atoms with van der Waals surface area (Å²) < 4.78 is 18.0. The van der Waals surface area contributed by atoms with Crippen LogP contribution in [0.1, 0.15) is 6.23 Å². The van der Waals surface area contributed by atoms with Gasteiger partial charge in [0.05, 0.1) is 0 Å². The summed E-state index contributed by atoms with van der Waals surface area (Å²) >= 11 is -1.04. The zero-order valence-corrected chi connectivity index (χ0v) is 14.1. The number of hydrogen-bond acceptors (Lipinski definition) is 8. The van der Waals surface area contributed by atoms with E-state index in [0.29, 0.717) is 11.2 Å². The second-order valence-corrected chi connectivity index (χ2v) is 11.5. The molecule has 2 aromatic heterocycles. The summed E-state index contributed by atoms with van der Waals surface area (Å²) in [5, 5.41) is 20.2. The van der Waals surface area contributed by atoms with Crippen LogP contribution in [0.2, 0.25) is 5.32 Å². The number of hydrogen-bond donors (Lipinski definition) is 5. The molecule has 1 aliphatic heterocycles. The van der Waals surface area contributed by atoms with Gasteiger partial charge in [0.2, 0.25) is 0 Å². The summed E-state index contributed by atoms with van der Waals surface area (Å²) in [7, 11) is 0. The van der Waals surface area contributed by atoms with E-state index in [1.165, 1.54) is 17.2 Å². The standard InChI is InChI=1S/C10H14N5O6PSe/c11-8-5-9(13-2-12-8)15(3-14-5)10-7(17)6(16)4(21-10)1-23-22(18,19)20/h2-4,6-7,10,16-17H,1H2,(H2,11,12,13)(H2,18,19,20)/t4-,6-,7-,10-/m1/s1. The quantitative estimate of drug-likeness (QED) is 0.287. The normalized spacial score (nSPS) is 28.5. The molecule has 11 nitrogen and oxygen atoms in total. The van der Waals surface area contributed by atoms with Crippen LogP contribution in [0.4, 0.5) is 5.82 Å². The van der Waals surface area contributed by atoms with Crippen molar-refractivity contribution in [2.75, 3.05) is 5.73 Å². The molecule has 1 aliphatic rings. The fourth-order valence-electron chi connectivity index (χ4n) is 2.32. The Morgan fingerprint density at radius 2 is 2.04 bits per heavy atom. The third-order valence-corrected chi connectivity index (χ3v) is 7.64. The molecule has 0 spiro atoms. The van der Waals surface area contributed by atoms with Gasteiger partial charge in [0.15, 0.2) is 0 Å². The van der Waals surface area contributed by atoms with Gasteiger partial charge in [0.1, 0.15) is 0 Å². The number of aliphatic hydroxyl groups is 2. The molecular weight excluding hydrogens is 396 g/mol. The number of nitrogens with zero attached hydrogens (tertiary/aromatic N) is 4. The number of ether oxygens (including phenoxy) is 1.